The number of nitrogens with one attached hydrogen (secondary N) is 1. The number of thiazole rings is 1. The number of aliphatic carboxylic acids is 1. The average molecular weight is 360 g/mol. The van der Waals surface area contributed by atoms with Gasteiger partial charge in [0.15, 0.2) is 0 Å². The number of para-hydroxylation sites is 1. The summed E-state index contributed by atoms with van der Waals surface area (Å²) in [5, 5.41) is 12.4. The predicted octanol–water partition coefficient (Wildman–Crippen LogP) is 2.56. The zero-order valence-electron chi connectivity index (χ0n) is 13.7. The van der Waals surface area contributed by atoms with Crippen LogP contribution in [0.3, 0.4) is 0 Å². The first-order valence-electron chi connectivity index (χ1n) is 8.23. The number of amides is 1. The average Bonchev–Trinajstić information content (AvgIpc) is 3.05. The molecule has 0 saturated heterocycles. The van der Waals surface area contributed by atoms with E-state index in [1.165, 1.54) is 0 Å². The third-order valence-electron chi connectivity index (χ3n) is 4.17. The molecule has 0 saturated carbocycles. The van der Waals surface area contributed by atoms with Crippen LogP contribution in [0.25, 0.3) is 10.2 Å². The Bertz CT molecular complexity index is 753. The van der Waals surface area contributed by atoms with E-state index in [-0.39, 0.29) is 31.0 Å². The summed E-state index contributed by atoms with van der Waals surface area (Å²) in [6, 6.07) is 7.99. The molecule has 1 heterocycles. The molecule has 2 N–H and O–H groups in total. The third kappa shape index (κ3) is 4.43. The molecule has 0 radical (unpaired) electrons. The highest BCUT2D eigenvalue weighted by atomic mass is 32.1. The Labute approximate surface area is 149 Å². The van der Waals surface area contributed by atoms with E-state index in [0.717, 1.165) is 21.6 Å². The molecular weight excluding hydrogens is 340 g/mol. The lowest BCUT2D eigenvalue weighted by Gasteiger charge is -2.26. The van der Waals surface area contributed by atoms with Crippen molar-refractivity contribution in [3.63, 3.8) is 0 Å². The quantitative estimate of drug-likeness (QED) is 0.585. The van der Waals surface area contributed by atoms with Crippen molar-refractivity contribution in [2.24, 2.45) is 5.92 Å². The molecule has 1 aromatic carbocycles. The second-order valence-electron chi connectivity index (χ2n) is 5.91. The van der Waals surface area contributed by atoms with Gasteiger partial charge in [-0.25, -0.2) is 9.78 Å². The molecule has 25 heavy (non-hydrogen) atoms. The molecule has 1 aliphatic rings. The van der Waals surface area contributed by atoms with Crippen molar-refractivity contribution < 1.29 is 19.4 Å². The normalized spacial score (nSPS) is 19.8. The van der Waals surface area contributed by atoms with Gasteiger partial charge >= 0.3 is 5.97 Å². The Kier molecular flexibility index (Phi) is 5.78. The minimum absolute atomic E-state index is 0.0347. The minimum atomic E-state index is -1.01. The first kappa shape index (κ1) is 17.6. The van der Waals surface area contributed by atoms with E-state index in [2.05, 4.69) is 11.4 Å². The standard InChI is InChI=1S/C18H20N2O4S/c21-16(22)11-24-10-9-19-17(23)12-5-1-2-6-13(12)18-20-14-7-3-4-8-15(14)25-18/h1-4,7-8,12-13H,5-6,9-11H2,(H,19,23)(H,21,22). The molecular formula is C18H20N2O4S. The fraction of sp³-hybridized carbons (Fsp3) is 0.389. The van der Waals surface area contributed by atoms with E-state index in [1.54, 1.807) is 11.3 Å². The highest BCUT2D eigenvalue weighted by molar-refractivity contribution is 7.18. The first-order chi connectivity index (χ1) is 12.1. The molecule has 3 rings (SSSR count). The Morgan fingerprint density at radius 1 is 1.28 bits per heavy atom. The minimum Gasteiger partial charge on any atom is -0.480 e. The summed E-state index contributed by atoms with van der Waals surface area (Å²) in [7, 11) is 0. The molecule has 0 fully saturated rings. The number of nitrogens with zero attached hydrogens (tertiary/aromatic N) is 1. The maximum atomic E-state index is 12.6. The fourth-order valence-electron chi connectivity index (χ4n) is 2.96. The zero-order valence-corrected chi connectivity index (χ0v) is 14.5. The van der Waals surface area contributed by atoms with Crippen LogP contribution in [0.4, 0.5) is 0 Å². The van der Waals surface area contributed by atoms with Gasteiger partial charge in [0.25, 0.3) is 0 Å². The lowest BCUT2D eigenvalue weighted by Crippen LogP contribution is -2.36. The zero-order chi connectivity index (χ0) is 17.6. The van der Waals surface area contributed by atoms with Crippen LogP contribution < -0.4 is 5.32 Å². The highest BCUT2D eigenvalue weighted by Crippen LogP contribution is 2.38. The number of carbonyl (C=O) groups excluding carboxylic acids is 1. The van der Waals surface area contributed by atoms with Crippen molar-refractivity contribution in [1.82, 2.24) is 10.3 Å². The van der Waals surface area contributed by atoms with Crippen molar-refractivity contribution in [2.75, 3.05) is 19.8 Å². The molecule has 2 aromatic rings. The van der Waals surface area contributed by atoms with Gasteiger partial charge in [-0.05, 0) is 25.0 Å². The van der Waals surface area contributed by atoms with Crippen LogP contribution in [0.5, 0.6) is 0 Å². The number of carbonyl (C=O) groups is 2. The van der Waals surface area contributed by atoms with Crippen LogP contribution in [0.2, 0.25) is 0 Å². The lowest BCUT2D eigenvalue weighted by atomic mass is 9.82. The molecule has 132 valence electrons. The molecule has 1 aliphatic carbocycles. The van der Waals surface area contributed by atoms with Gasteiger partial charge in [0, 0.05) is 12.5 Å². The van der Waals surface area contributed by atoms with E-state index in [9.17, 15) is 9.59 Å². The second kappa shape index (κ2) is 8.22. The fourth-order valence-corrected chi connectivity index (χ4v) is 4.11. The van der Waals surface area contributed by atoms with E-state index in [0.29, 0.717) is 13.0 Å². The van der Waals surface area contributed by atoms with Gasteiger partial charge < -0.3 is 15.2 Å². The molecule has 7 heteroatoms. The number of benzene rings is 1. The van der Waals surface area contributed by atoms with Crippen molar-refractivity contribution in [3.05, 3.63) is 41.4 Å². The maximum absolute atomic E-state index is 12.6. The number of carboxylic acid groups (broad SMARTS) is 1. The Hall–Kier alpha value is -2.25. The summed E-state index contributed by atoms with van der Waals surface area (Å²) in [5.74, 6) is -1.14. The van der Waals surface area contributed by atoms with Crippen LogP contribution in [0.15, 0.2) is 36.4 Å². The molecule has 0 spiro atoms. The predicted molar refractivity (Wildman–Crippen MR) is 95.7 cm³/mol. The van der Waals surface area contributed by atoms with Crippen LogP contribution in [-0.4, -0.2) is 41.7 Å². The summed E-state index contributed by atoms with van der Waals surface area (Å²) in [5.41, 5.74) is 0.971. The van der Waals surface area contributed by atoms with Gasteiger partial charge in [0.1, 0.15) is 6.61 Å². The summed E-state index contributed by atoms with van der Waals surface area (Å²) in [6.45, 7) is 0.141. The summed E-state index contributed by atoms with van der Waals surface area (Å²) in [4.78, 5) is 27.7. The topological polar surface area (TPSA) is 88.5 Å². The van der Waals surface area contributed by atoms with E-state index >= 15 is 0 Å². The monoisotopic (exact) mass is 360 g/mol. The molecule has 6 nitrogen and oxygen atoms in total. The summed E-state index contributed by atoms with van der Waals surface area (Å²) in [6.07, 6.45) is 5.63. The van der Waals surface area contributed by atoms with Crippen LogP contribution in [-0.2, 0) is 14.3 Å². The SMILES string of the molecule is O=C(O)COCCNC(=O)C1CC=CCC1c1nc2ccccc2s1. The number of aromatic nitrogens is 1. The van der Waals surface area contributed by atoms with Crippen molar-refractivity contribution in [1.29, 1.82) is 0 Å². The number of carboxylic acids is 1. The lowest BCUT2D eigenvalue weighted by molar-refractivity contribution is -0.142. The van der Waals surface area contributed by atoms with Crippen molar-refractivity contribution in [2.45, 2.75) is 18.8 Å². The van der Waals surface area contributed by atoms with Gasteiger partial charge in [0.05, 0.1) is 27.7 Å². The number of allylic oxidation sites excluding steroid dienone is 2. The number of ether oxygens (including phenoxy) is 1. The van der Waals surface area contributed by atoms with E-state index < -0.39 is 5.97 Å². The number of fused-ring (bicyclic) bond motifs is 1. The highest BCUT2D eigenvalue weighted by Gasteiger charge is 2.32. The molecule has 2 unspecified atom stereocenters. The number of rotatable bonds is 7. The van der Waals surface area contributed by atoms with Crippen molar-refractivity contribution >= 4 is 33.4 Å². The largest absolute Gasteiger partial charge is 0.480 e. The van der Waals surface area contributed by atoms with Gasteiger partial charge in [-0.3, -0.25) is 4.79 Å². The summed E-state index contributed by atoms with van der Waals surface area (Å²) < 4.78 is 6.08. The smallest absolute Gasteiger partial charge is 0.329 e. The molecule has 2 atom stereocenters. The van der Waals surface area contributed by atoms with E-state index in [4.69, 9.17) is 14.8 Å². The second-order valence-corrected chi connectivity index (χ2v) is 6.98. The molecule has 0 aliphatic heterocycles. The Morgan fingerprint density at radius 3 is 2.88 bits per heavy atom. The summed E-state index contributed by atoms with van der Waals surface area (Å²) >= 11 is 1.65. The van der Waals surface area contributed by atoms with Gasteiger partial charge in [-0.1, -0.05) is 24.3 Å². The third-order valence-corrected chi connectivity index (χ3v) is 5.34. The molecule has 1 amide bonds. The van der Waals surface area contributed by atoms with Gasteiger partial charge in [0.2, 0.25) is 5.91 Å². The van der Waals surface area contributed by atoms with Gasteiger partial charge in [-0.15, -0.1) is 11.3 Å². The number of hydrogen-bond donors (Lipinski definition) is 2. The van der Waals surface area contributed by atoms with Crippen LogP contribution >= 0.6 is 11.3 Å². The van der Waals surface area contributed by atoms with Crippen LogP contribution in [0, 0.1) is 5.92 Å². The Balaban J connectivity index is 1.63. The Morgan fingerprint density at radius 2 is 2.08 bits per heavy atom. The van der Waals surface area contributed by atoms with Crippen LogP contribution in [0.1, 0.15) is 23.8 Å². The molecule has 0 bridgehead atoms. The van der Waals surface area contributed by atoms with Gasteiger partial charge in [-0.2, -0.15) is 0 Å². The first-order valence-corrected chi connectivity index (χ1v) is 9.04. The van der Waals surface area contributed by atoms with E-state index in [1.807, 2.05) is 30.3 Å². The van der Waals surface area contributed by atoms with Crippen molar-refractivity contribution in [3.8, 4) is 0 Å². The number of hydrogen-bond acceptors (Lipinski definition) is 5. The molecule has 1 aromatic heterocycles. The maximum Gasteiger partial charge on any atom is 0.329 e.